The van der Waals surface area contributed by atoms with Crippen LogP contribution >= 0.6 is 0 Å². The third-order valence-corrected chi connectivity index (χ3v) is 14.6. The molecule has 5 saturated carbocycles. The highest BCUT2D eigenvalue weighted by molar-refractivity contribution is 6.22. The minimum atomic E-state index is -1.21. The number of likely N-dealkylation sites (tertiary alicyclic amines) is 1. The Bertz CT molecular complexity index is 1520. The average Bonchev–Trinajstić information content (AvgIpc) is 3.62. The van der Waals surface area contributed by atoms with Gasteiger partial charge in [0, 0.05) is 82.5 Å². The number of imide groups is 1. The standard InChI is InChI=1S/C37H50N2O9/c1-7-38-18-34(19-48-32(42)21-10-8-9-11-24(21)39-28(40)14-20(2)31(39)41)13-12-27(45-4)37-23-15-22-25(44-3)16-36(47-6,29(23)30(22)46-5)35(43,33(37)38)17-26(34)37/h8-11,20,22-23,25-27,29-30,33,43H,7,12-19H2,1-6H3/t20-,22+,23+,25-,26+,27-,29+,30-,33+,34-,35-,36+,37+/m0/s1. The number of hydrogen-bond donors (Lipinski definition) is 1. The van der Waals surface area contributed by atoms with Gasteiger partial charge in [0.1, 0.15) is 11.2 Å². The summed E-state index contributed by atoms with van der Waals surface area (Å²) >= 11 is 0. The van der Waals surface area contributed by atoms with Gasteiger partial charge in [0.25, 0.3) is 0 Å². The van der Waals surface area contributed by atoms with Crippen molar-refractivity contribution >= 4 is 23.5 Å². The monoisotopic (exact) mass is 666 g/mol. The fourth-order valence-electron chi connectivity index (χ4n) is 13.2. The molecular weight excluding hydrogens is 616 g/mol. The number of carbonyl (C=O) groups excluding carboxylic acids is 3. The van der Waals surface area contributed by atoms with Crippen molar-refractivity contribution in [1.29, 1.82) is 0 Å². The fraction of sp³-hybridized carbons (Fsp3) is 0.757. The topological polar surface area (TPSA) is 124 Å². The lowest BCUT2D eigenvalue weighted by Gasteiger charge is -2.71. The first-order valence-corrected chi connectivity index (χ1v) is 17.8. The summed E-state index contributed by atoms with van der Waals surface area (Å²) in [5, 5.41) is 13.4. The molecule has 2 aliphatic heterocycles. The van der Waals surface area contributed by atoms with E-state index in [0.717, 1.165) is 30.7 Å². The summed E-state index contributed by atoms with van der Waals surface area (Å²) in [6.45, 7) is 5.43. The van der Waals surface area contributed by atoms with E-state index < -0.39 is 33.9 Å². The Balaban J connectivity index is 1.20. The third kappa shape index (κ3) is 3.73. The zero-order valence-electron chi connectivity index (χ0n) is 29.0. The lowest BCUT2D eigenvalue weighted by molar-refractivity contribution is -0.321. The van der Waals surface area contributed by atoms with Crippen LogP contribution in [0.5, 0.6) is 0 Å². The van der Waals surface area contributed by atoms with E-state index in [1.54, 1.807) is 59.6 Å². The summed E-state index contributed by atoms with van der Waals surface area (Å²) in [7, 11) is 7.08. The van der Waals surface area contributed by atoms with Gasteiger partial charge in [-0.05, 0) is 56.2 Å². The van der Waals surface area contributed by atoms with Crippen LogP contribution in [0.25, 0.3) is 0 Å². The minimum Gasteiger partial charge on any atom is -0.461 e. The van der Waals surface area contributed by atoms with Crippen LogP contribution in [0, 0.1) is 40.4 Å². The SMILES string of the molecule is CCN1C[C@]2(COC(=O)c3ccccc3N3C(=O)C[C@H](C)C3=O)CC[C@H](OC)[C@@]34[C@@H]5C[C@H]6[C@H](OC)[C@@H]5[C@](OC)(C[C@@H]6OC)[C@](O)(C[C@H]23)[C@@H]14. The van der Waals surface area contributed by atoms with Crippen molar-refractivity contribution in [1.82, 2.24) is 4.90 Å². The lowest BCUT2D eigenvalue weighted by Crippen LogP contribution is -2.81. The number of anilines is 1. The number of para-hydroxylation sites is 1. The van der Waals surface area contributed by atoms with E-state index in [0.29, 0.717) is 19.4 Å². The van der Waals surface area contributed by atoms with Gasteiger partial charge in [-0.3, -0.25) is 14.5 Å². The van der Waals surface area contributed by atoms with Gasteiger partial charge in [0.2, 0.25) is 11.8 Å². The summed E-state index contributed by atoms with van der Waals surface area (Å²) in [5.74, 6) is -1.31. The molecule has 2 heterocycles. The fourth-order valence-corrected chi connectivity index (χ4v) is 13.2. The van der Waals surface area contributed by atoms with Gasteiger partial charge in [-0.1, -0.05) is 26.0 Å². The predicted molar refractivity (Wildman–Crippen MR) is 173 cm³/mol. The van der Waals surface area contributed by atoms with Crippen LogP contribution in [0.15, 0.2) is 24.3 Å². The number of fused-ring (bicyclic) bond motifs is 2. The van der Waals surface area contributed by atoms with Crippen LogP contribution in [0.2, 0.25) is 0 Å². The van der Waals surface area contributed by atoms with Gasteiger partial charge >= 0.3 is 5.97 Å². The highest BCUT2D eigenvalue weighted by Crippen LogP contribution is 2.80. The van der Waals surface area contributed by atoms with Crippen LogP contribution in [0.1, 0.15) is 62.7 Å². The molecule has 11 nitrogen and oxygen atoms in total. The first-order chi connectivity index (χ1) is 23.0. The van der Waals surface area contributed by atoms with Crippen molar-refractivity contribution in [3.8, 4) is 0 Å². The molecule has 1 aromatic carbocycles. The Morgan fingerprint density at radius 3 is 2.48 bits per heavy atom. The Hall–Kier alpha value is -2.41. The van der Waals surface area contributed by atoms with E-state index in [2.05, 4.69) is 11.8 Å². The van der Waals surface area contributed by atoms with Gasteiger partial charge in [0.15, 0.2) is 0 Å². The van der Waals surface area contributed by atoms with E-state index in [1.165, 1.54) is 0 Å². The number of nitrogens with zero attached hydrogens (tertiary/aromatic N) is 2. The van der Waals surface area contributed by atoms with Crippen molar-refractivity contribution in [3.05, 3.63) is 29.8 Å². The molecule has 0 radical (unpaired) electrons. The summed E-state index contributed by atoms with van der Waals surface area (Å²) < 4.78 is 31.9. The maximum atomic E-state index is 14.0. The Kier molecular flexibility index (Phi) is 7.54. The molecule has 262 valence electrons. The summed E-state index contributed by atoms with van der Waals surface area (Å²) in [6.07, 6.45) is 3.39. The number of piperidine rings is 1. The van der Waals surface area contributed by atoms with Crippen LogP contribution < -0.4 is 4.90 Å². The molecule has 7 fully saturated rings. The van der Waals surface area contributed by atoms with E-state index in [1.807, 2.05) is 0 Å². The molecule has 2 saturated heterocycles. The van der Waals surface area contributed by atoms with E-state index in [9.17, 15) is 19.5 Å². The van der Waals surface area contributed by atoms with Crippen molar-refractivity contribution in [2.75, 3.05) is 53.0 Å². The molecule has 1 N–H and O–H groups in total. The maximum Gasteiger partial charge on any atom is 0.340 e. The second-order valence-electron chi connectivity index (χ2n) is 15.8. The normalized spacial score (nSPS) is 47.1. The molecule has 0 unspecified atom stereocenters. The summed E-state index contributed by atoms with van der Waals surface area (Å²) in [6, 6.07) is 6.52. The zero-order chi connectivity index (χ0) is 34.0. The third-order valence-electron chi connectivity index (χ3n) is 14.6. The van der Waals surface area contributed by atoms with Gasteiger partial charge in [-0.15, -0.1) is 0 Å². The number of benzene rings is 1. The number of amides is 2. The smallest absolute Gasteiger partial charge is 0.340 e. The van der Waals surface area contributed by atoms with Crippen molar-refractivity contribution < 1.29 is 43.2 Å². The van der Waals surface area contributed by atoms with Gasteiger partial charge in [-0.2, -0.15) is 0 Å². The number of ether oxygens (including phenoxy) is 5. The van der Waals surface area contributed by atoms with Crippen LogP contribution in [0.3, 0.4) is 0 Å². The van der Waals surface area contributed by atoms with E-state index in [-0.39, 0.29) is 84.1 Å². The van der Waals surface area contributed by atoms with Crippen LogP contribution in [0.4, 0.5) is 5.69 Å². The Labute approximate surface area is 282 Å². The zero-order valence-corrected chi connectivity index (χ0v) is 29.0. The van der Waals surface area contributed by atoms with Crippen LogP contribution in [-0.2, 0) is 33.3 Å². The second-order valence-corrected chi connectivity index (χ2v) is 15.8. The molecule has 1 spiro atoms. The van der Waals surface area contributed by atoms with Gasteiger partial charge in [0.05, 0.1) is 36.2 Å². The maximum absolute atomic E-state index is 14.0. The number of methoxy groups -OCH3 is 4. The van der Waals surface area contributed by atoms with Gasteiger partial charge < -0.3 is 28.8 Å². The largest absolute Gasteiger partial charge is 0.461 e. The molecule has 13 atom stereocenters. The van der Waals surface area contributed by atoms with Gasteiger partial charge in [-0.25, -0.2) is 9.69 Å². The van der Waals surface area contributed by atoms with Crippen molar-refractivity contribution in [3.63, 3.8) is 0 Å². The highest BCUT2D eigenvalue weighted by Gasteiger charge is 2.89. The first-order valence-electron chi connectivity index (χ1n) is 17.8. The second kappa shape index (κ2) is 11.0. The number of esters is 1. The Morgan fingerprint density at radius 1 is 1.06 bits per heavy atom. The number of rotatable bonds is 9. The highest BCUT2D eigenvalue weighted by atomic mass is 16.5. The summed E-state index contributed by atoms with van der Waals surface area (Å²) in [5.41, 5.74) is -2.46. The average molecular weight is 667 g/mol. The van der Waals surface area contributed by atoms with E-state index in [4.69, 9.17) is 23.7 Å². The number of carbonyl (C=O) groups is 3. The van der Waals surface area contributed by atoms with E-state index >= 15 is 0 Å². The molecule has 7 aliphatic rings. The van der Waals surface area contributed by atoms with Crippen molar-refractivity contribution in [2.45, 2.75) is 87.9 Å². The molecular formula is C37H50N2O9. The first kappa shape index (κ1) is 32.8. The molecule has 8 rings (SSSR count). The molecule has 2 amide bonds. The Morgan fingerprint density at radius 2 is 1.83 bits per heavy atom. The molecule has 11 heteroatoms. The quantitative estimate of drug-likeness (QED) is 0.311. The van der Waals surface area contributed by atoms with Crippen molar-refractivity contribution in [2.24, 2.45) is 40.4 Å². The molecule has 0 aromatic heterocycles. The molecule has 5 aliphatic carbocycles. The summed E-state index contributed by atoms with van der Waals surface area (Å²) in [4.78, 5) is 43.4. The molecule has 1 aromatic rings. The van der Waals surface area contributed by atoms with Crippen LogP contribution in [-0.4, -0.2) is 111 Å². The lowest BCUT2D eigenvalue weighted by atomic mass is 9.42. The number of aliphatic hydroxyl groups is 1. The molecule has 7 bridgehead atoms. The molecule has 48 heavy (non-hydrogen) atoms. The minimum absolute atomic E-state index is 0.00649. The predicted octanol–water partition coefficient (Wildman–Crippen LogP) is 3.06. The number of hydrogen-bond acceptors (Lipinski definition) is 10. The number of likely N-dealkylation sites (N-methyl/N-ethyl adjacent to an activating group) is 1.